The molecule has 14 heavy (non-hydrogen) atoms. The van der Waals surface area contributed by atoms with E-state index in [9.17, 15) is 0 Å². The van der Waals surface area contributed by atoms with Gasteiger partial charge in [-0.1, -0.05) is 20.8 Å². The SMILES string of the molecule is CCCNCCNC(C)CCC(C)C. The molecule has 0 bridgehead atoms. The second kappa shape index (κ2) is 9.47. The summed E-state index contributed by atoms with van der Waals surface area (Å²) in [5, 5.41) is 6.93. The van der Waals surface area contributed by atoms with Crippen LogP contribution in [0.15, 0.2) is 0 Å². The highest BCUT2D eigenvalue weighted by Crippen LogP contribution is 2.05. The third-order valence-electron chi connectivity index (χ3n) is 2.40. The topological polar surface area (TPSA) is 24.1 Å². The van der Waals surface area contributed by atoms with E-state index in [2.05, 4.69) is 38.3 Å². The lowest BCUT2D eigenvalue weighted by atomic mass is 10.0. The molecule has 0 rings (SSSR count). The van der Waals surface area contributed by atoms with E-state index in [1.807, 2.05) is 0 Å². The lowest BCUT2D eigenvalue weighted by Gasteiger charge is -2.15. The van der Waals surface area contributed by atoms with E-state index in [1.54, 1.807) is 0 Å². The van der Waals surface area contributed by atoms with Crippen LogP contribution in [0.5, 0.6) is 0 Å². The molecule has 2 heteroatoms. The Labute approximate surface area is 89.9 Å². The highest BCUT2D eigenvalue weighted by Gasteiger charge is 2.01. The molecule has 0 fully saturated rings. The fourth-order valence-corrected chi connectivity index (χ4v) is 1.39. The van der Waals surface area contributed by atoms with Gasteiger partial charge in [0.15, 0.2) is 0 Å². The Kier molecular flexibility index (Phi) is 9.42. The second-order valence-corrected chi connectivity index (χ2v) is 4.58. The lowest BCUT2D eigenvalue weighted by Crippen LogP contribution is -2.33. The normalized spacial score (nSPS) is 13.5. The van der Waals surface area contributed by atoms with Crippen molar-refractivity contribution < 1.29 is 0 Å². The van der Waals surface area contributed by atoms with Crippen molar-refractivity contribution >= 4 is 0 Å². The van der Waals surface area contributed by atoms with Gasteiger partial charge in [0.05, 0.1) is 0 Å². The van der Waals surface area contributed by atoms with Gasteiger partial charge in [-0.15, -0.1) is 0 Å². The van der Waals surface area contributed by atoms with Crippen molar-refractivity contribution in [2.75, 3.05) is 19.6 Å². The smallest absolute Gasteiger partial charge is 0.00792 e. The molecule has 2 nitrogen and oxygen atoms in total. The van der Waals surface area contributed by atoms with E-state index >= 15 is 0 Å². The van der Waals surface area contributed by atoms with Crippen LogP contribution < -0.4 is 10.6 Å². The number of rotatable bonds is 9. The van der Waals surface area contributed by atoms with Crippen LogP contribution in [0.4, 0.5) is 0 Å². The fraction of sp³-hybridized carbons (Fsp3) is 1.00. The predicted octanol–water partition coefficient (Wildman–Crippen LogP) is 2.40. The molecule has 1 atom stereocenters. The van der Waals surface area contributed by atoms with E-state index < -0.39 is 0 Å². The second-order valence-electron chi connectivity index (χ2n) is 4.58. The zero-order chi connectivity index (χ0) is 10.8. The molecule has 0 saturated heterocycles. The minimum Gasteiger partial charge on any atom is -0.315 e. The molecule has 0 aliphatic carbocycles. The minimum atomic E-state index is 0.667. The van der Waals surface area contributed by atoms with E-state index in [0.717, 1.165) is 25.6 Å². The summed E-state index contributed by atoms with van der Waals surface area (Å²) in [5.41, 5.74) is 0. The molecule has 1 unspecified atom stereocenters. The molecule has 0 aliphatic heterocycles. The van der Waals surface area contributed by atoms with Gasteiger partial charge < -0.3 is 10.6 Å². The Bertz CT molecular complexity index is 113. The number of hydrogen-bond acceptors (Lipinski definition) is 2. The summed E-state index contributed by atoms with van der Waals surface area (Å²) in [6, 6.07) is 0.667. The van der Waals surface area contributed by atoms with Gasteiger partial charge in [0.1, 0.15) is 0 Å². The van der Waals surface area contributed by atoms with E-state index in [1.165, 1.54) is 19.3 Å². The van der Waals surface area contributed by atoms with Crippen LogP contribution >= 0.6 is 0 Å². The van der Waals surface area contributed by atoms with Gasteiger partial charge in [0.2, 0.25) is 0 Å². The summed E-state index contributed by atoms with van der Waals surface area (Å²) in [5.74, 6) is 0.831. The maximum atomic E-state index is 3.53. The predicted molar refractivity (Wildman–Crippen MR) is 64.7 cm³/mol. The fourth-order valence-electron chi connectivity index (χ4n) is 1.39. The average Bonchev–Trinajstić information content (AvgIpc) is 2.14. The third-order valence-corrected chi connectivity index (χ3v) is 2.40. The van der Waals surface area contributed by atoms with Crippen molar-refractivity contribution in [3.8, 4) is 0 Å². The first kappa shape index (κ1) is 13.9. The van der Waals surface area contributed by atoms with Crippen molar-refractivity contribution in [2.45, 2.75) is 53.0 Å². The Morgan fingerprint density at radius 2 is 1.64 bits per heavy atom. The first-order valence-electron chi connectivity index (χ1n) is 6.10. The molecule has 86 valence electrons. The van der Waals surface area contributed by atoms with Crippen molar-refractivity contribution in [1.82, 2.24) is 10.6 Å². The first-order chi connectivity index (χ1) is 6.66. The summed E-state index contributed by atoms with van der Waals surface area (Å²) in [4.78, 5) is 0. The number of nitrogens with one attached hydrogen (secondary N) is 2. The Morgan fingerprint density at radius 1 is 0.929 bits per heavy atom. The maximum Gasteiger partial charge on any atom is 0.00792 e. The Morgan fingerprint density at radius 3 is 2.21 bits per heavy atom. The van der Waals surface area contributed by atoms with Crippen molar-refractivity contribution in [3.63, 3.8) is 0 Å². The molecule has 0 spiro atoms. The highest BCUT2D eigenvalue weighted by molar-refractivity contribution is 4.62. The molecule has 0 aromatic rings. The van der Waals surface area contributed by atoms with Crippen LogP contribution in [0.3, 0.4) is 0 Å². The van der Waals surface area contributed by atoms with Crippen LogP contribution in [-0.2, 0) is 0 Å². The quantitative estimate of drug-likeness (QED) is 0.559. The molecule has 0 radical (unpaired) electrons. The van der Waals surface area contributed by atoms with Gasteiger partial charge in [0, 0.05) is 19.1 Å². The maximum absolute atomic E-state index is 3.53. The summed E-state index contributed by atoms with van der Waals surface area (Å²) >= 11 is 0. The summed E-state index contributed by atoms with van der Waals surface area (Å²) in [7, 11) is 0. The lowest BCUT2D eigenvalue weighted by molar-refractivity contribution is 0.448. The average molecular weight is 200 g/mol. The zero-order valence-corrected chi connectivity index (χ0v) is 10.4. The van der Waals surface area contributed by atoms with E-state index in [4.69, 9.17) is 0 Å². The van der Waals surface area contributed by atoms with Gasteiger partial charge in [-0.3, -0.25) is 0 Å². The molecular formula is C12H28N2. The van der Waals surface area contributed by atoms with Crippen LogP contribution in [0.2, 0.25) is 0 Å². The van der Waals surface area contributed by atoms with Crippen molar-refractivity contribution in [1.29, 1.82) is 0 Å². The zero-order valence-electron chi connectivity index (χ0n) is 10.4. The number of hydrogen-bond donors (Lipinski definition) is 2. The van der Waals surface area contributed by atoms with Crippen LogP contribution in [0.1, 0.15) is 47.0 Å². The van der Waals surface area contributed by atoms with Crippen LogP contribution in [0.25, 0.3) is 0 Å². The molecule has 0 aromatic heterocycles. The van der Waals surface area contributed by atoms with Gasteiger partial charge in [-0.05, 0) is 38.6 Å². The van der Waals surface area contributed by atoms with Gasteiger partial charge in [-0.2, -0.15) is 0 Å². The summed E-state index contributed by atoms with van der Waals surface area (Å²) in [6.45, 7) is 12.4. The molecule has 0 heterocycles. The molecule has 0 aromatic carbocycles. The summed E-state index contributed by atoms with van der Waals surface area (Å²) < 4.78 is 0. The molecule has 0 saturated carbocycles. The first-order valence-corrected chi connectivity index (χ1v) is 6.10. The molecule has 2 N–H and O–H groups in total. The van der Waals surface area contributed by atoms with Crippen molar-refractivity contribution in [2.24, 2.45) is 5.92 Å². The van der Waals surface area contributed by atoms with Crippen molar-refractivity contribution in [3.05, 3.63) is 0 Å². The van der Waals surface area contributed by atoms with Gasteiger partial charge in [0.25, 0.3) is 0 Å². The molecular weight excluding hydrogens is 172 g/mol. The van der Waals surface area contributed by atoms with Gasteiger partial charge in [-0.25, -0.2) is 0 Å². The Balaban J connectivity index is 3.14. The minimum absolute atomic E-state index is 0.667. The summed E-state index contributed by atoms with van der Waals surface area (Å²) in [6.07, 6.45) is 3.85. The highest BCUT2D eigenvalue weighted by atomic mass is 15.0. The van der Waals surface area contributed by atoms with Gasteiger partial charge >= 0.3 is 0 Å². The Hall–Kier alpha value is -0.0800. The monoisotopic (exact) mass is 200 g/mol. The molecule has 0 amide bonds. The third kappa shape index (κ3) is 10.0. The van der Waals surface area contributed by atoms with E-state index in [0.29, 0.717) is 6.04 Å². The van der Waals surface area contributed by atoms with Crippen LogP contribution in [-0.4, -0.2) is 25.7 Å². The van der Waals surface area contributed by atoms with E-state index in [-0.39, 0.29) is 0 Å². The van der Waals surface area contributed by atoms with Crippen LogP contribution in [0, 0.1) is 5.92 Å². The molecule has 0 aliphatic rings. The largest absolute Gasteiger partial charge is 0.315 e. The standard InChI is InChI=1S/C12H28N2/c1-5-8-13-9-10-14-12(4)7-6-11(2)3/h11-14H,5-10H2,1-4H3.